The first kappa shape index (κ1) is 34.7. The second-order valence-corrected chi connectivity index (χ2v) is 13.4. The van der Waals surface area contributed by atoms with Gasteiger partial charge in [0.05, 0.1) is 25.8 Å². The lowest BCUT2D eigenvalue weighted by Crippen LogP contribution is -2.52. The molecule has 5 aromatic carbocycles. The van der Waals surface area contributed by atoms with Crippen molar-refractivity contribution >= 4 is 23.5 Å². The minimum Gasteiger partial charge on any atom is -0.497 e. The molecule has 3 aliphatic heterocycles. The van der Waals surface area contributed by atoms with Crippen LogP contribution in [0.2, 0.25) is 0 Å². The van der Waals surface area contributed by atoms with Gasteiger partial charge in [-0.3, -0.25) is 19.3 Å². The molecule has 0 unspecified atom stereocenters. The summed E-state index contributed by atoms with van der Waals surface area (Å²) >= 11 is 0. The summed E-state index contributed by atoms with van der Waals surface area (Å²) in [4.78, 5) is 45.3. The van der Waals surface area contributed by atoms with Gasteiger partial charge in [-0.05, 0) is 65.2 Å². The van der Waals surface area contributed by atoms with E-state index in [1.807, 2.05) is 89.8 Å². The minimum atomic E-state index is -1.88. The molecule has 0 aromatic heterocycles. The van der Waals surface area contributed by atoms with E-state index < -0.39 is 53.4 Å². The Morgan fingerprint density at radius 3 is 2.17 bits per heavy atom. The molecule has 1 spiro atoms. The van der Waals surface area contributed by atoms with Gasteiger partial charge in [0, 0.05) is 22.4 Å². The number of hydrogen-bond acceptors (Lipinski definition) is 8. The van der Waals surface area contributed by atoms with Crippen LogP contribution >= 0.6 is 0 Å². The number of esters is 1. The van der Waals surface area contributed by atoms with E-state index in [1.54, 1.807) is 49.6 Å². The molecule has 0 saturated carbocycles. The number of para-hydroxylation sites is 1. The van der Waals surface area contributed by atoms with Crippen LogP contribution in [0.25, 0.3) is 0 Å². The zero-order valence-corrected chi connectivity index (χ0v) is 29.2. The van der Waals surface area contributed by atoms with Crippen LogP contribution in [0.15, 0.2) is 127 Å². The summed E-state index contributed by atoms with van der Waals surface area (Å²) in [5.41, 5.74) is 2.18. The van der Waals surface area contributed by atoms with Crippen molar-refractivity contribution in [3.05, 3.63) is 161 Å². The second-order valence-electron chi connectivity index (χ2n) is 13.4. The van der Waals surface area contributed by atoms with E-state index in [9.17, 15) is 24.6 Å². The predicted molar refractivity (Wildman–Crippen MR) is 199 cm³/mol. The summed E-state index contributed by atoms with van der Waals surface area (Å²) < 4.78 is 17.7. The number of nitrogens with zero attached hydrogens (tertiary/aromatic N) is 1. The molecule has 270 valence electrons. The highest BCUT2D eigenvalue weighted by atomic mass is 16.6. The van der Waals surface area contributed by atoms with Crippen LogP contribution in [0.1, 0.15) is 51.6 Å². The van der Waals surface area contributed by atoms with Crippen LogP contribution in [0.5, 0.6) is 11.5 Å². The van der Waals surface area contributed by atoms with Gasteiger partial charge in [-0.1, -0.05) is 90.7 Å². The van der Waals surface area contributed by atoms with Crippen LogP contribution in [0.4, 0.5) is 5.69 Å². The Balaban J connectivity index is 1.40. The van der Waals surface area contributed by atoms with Gasteiger partial charge in [0.25, 0.3) is 0 Å². The number of benzene rings is 5. The third-order valence-electron chi connectivity index (χ3n) is 10.6. The molecule has 8 rings (SSSR count). The average Bonchev–Trinajstić information content (AvgIpc) is 3.68. The van der Waals surface area contributed by atoms with Crippen LogP contribution < -0.4 is 14.8 Å². The number of cyclic esters (lactones) is 1. The molecular weight excluding hydrogens is 684 g/mol. The summed E-state index contributed by atoms with van der Waals surface area (Å²) in [6, 6.07) is 35.2. The molecule has 3 heterocycles. The van der Waals surface area contributed by atoms with Crippen molar-refractivity contribution in [2.45, 2.75) is 29.6 Å². The molecule has 5 aromatic rings. The summed E-state index contributed by atoms with van der Waals surface area (Å²) in [5, 5.41) is 24.1. The maximum atomic E-state index is 15.0. The van der Waals surface area contributed by atoms with Gasteiger partial charge in [0.2, 0.25) is 5.91 Å². The minimum absolute atomic E-state index is 0.0484. The lowest BCUT2D eigenvalue weighted by molar-refractivity contribution is -0.179. The van der Waals surface area contributed by atoms with E-state index in [2.05, 4.69) is 17.2 Å². The van der Waals surface area contributed by atoms with Crippen LogP contribution in [-0.4, -0.2) is 59.3 Å². The Labute approximate surface area is 311 Å². The fraction of sp³-hybridized carbons (Fsp3) is 0.205. The fourth-order valence-electron chi connectivity index (χ4n) is 8.43. The SMILES string of the molecule is COc1ccc(C#Cc2ccc3c(c2)[C@]2(C(=O)N3)[C@H](C(=O)O)[C@H]3C(=O)O[C@H](c4ccccc4)[C@H](c4ccccc4)N3[C@@H]2c2ccccc2OCCO)cc1. The molecule has 0 aliphatic carbocycles. The lowest BCUT2D eigenvalue weighted by Gasteiger charge is -2.46. The number of carboxylic acids is 1. The number of carbonyl (C=O) groups excluding carboxylic acids is 2. The molecule has 2 fully saturated rings. The standard InChI is InChI=1S/C44H36N2O8/c1-52-31-21-18-27(19-22-31)16-17-28-20-23-34-33(26-28)44(43(51)45-34)36(41(48)49)38-42(50)54-39(30-12-6-3-7-13-30)37(29-10-4-2-5-11-29)46(38)40(44)32-14-8-9-15-35(32)53-25-24-47/h2-15,18-23,26,36-40,47H,24-25H2,1H3,(H,45,51)(H,48,49)/t36-,37-,38-,39+,40+,44-/m0/s1. The topological polar surface area (TPSA) is 135 Å². The number of methoxy groups -OCH3 is 1. The molecule has 0 bridgehead atoms. The Bertz CT molecular complexity index is 2280. The normalized spacial score (nSPS) is 24.1. The number of morpholine rings is 1. The first-order valence-corrected chi connectivity index (χ1v) is 17.6. The van der Waals surface area contributed by atoms with Crippen molar-refractivity contribution < 1.29 is 38.8 Å². The first-order valence-electron chi connectivity index (χ1n) is 17.6. The van der Waals surface area contributed by atoms with Gasteiger partial charge in [-0.2, -0.15) is 0 Å². The number of fused-ring (bicyclic) bond motifs is 3. The van der Waals surface area contributed by atoms with E-state index in [4.69, 9.17) is 14.2 Å². The van der Waals surface area contributed by atoms with E-state index in [-0.39, 0.29) is 13.2 Å². The molecule has 54 heavy (non-hydrogen) atoms. The lowest BCUT2D eigenvalue weighted by atomic mass is 9.65. The number of carbonyl (C=O) groups is 3. The monoisotopic (exact) mass is 720 g/mol. The van der Waals surface area contributed by atoms with Gasteiger partial charge < -0.3 is 29.7 Å². The highest BCUT2D eigenvalue weighted by Gasteiger charge is 2.74. The molecule has 10 heteroatoms. The summed E-state index contributed by atoms with van der Waals surface area (Å²) in [6.07, 6.45) is -0.861. The molecule has 3 N–H and O–H groups in total. The summed E-state index contributed by atoms with van der Waals surface area (Å²) in [6.45, 7) is -0.323. The maximum absolute atomic E-state index is 15.0. The molecule has 2 saturated heterocycles. The summed E-state index contributed by atoms with van der Waals surface area (Å²) in [5.74, 6) is 3.12. The number of rotatable bonds is 8. The van der Waals surface area contributed by atoms with Crippen molar-refractivity contribution in [3.63, 3.8) is 0 Å². The first-order chi connectivity index (χ1) is 26.4. The van der Waals surface area contributed by atoms with Gasteiger partial charge in [-0.25, -0.2) is 0 Å². The van der Waals surface area contributed by atoms with Crippen molar-refractivity contribution in [1.29, 1.82) is 0 Å². The van der Waals surface area contributed by atoms with E-state index in [0.717, 1.165) is 11.1 Å². The Morgan fingerprint density at radius 2 is 1.48 bits per heavy atom. The van der Waals surface area contributed by atoms with Gasteiger partial charge in [-0.15, -0.1) is 0 Å². The van der Waals surface area contributed by atoms with E-state index >= 15 is 0 Å². The van der Waals surface area contributed by atoms with Crippen LogP contribution in [0, 0.1) is 17.8 Å². The summed E-state index contributed by atoms with van der Waals surface area (Å²) in [7, 11) is 1.59. The molecule has 10 nitrogen and oxygen atoms in total. The van der Waals surface area contributed by atoms with Crippen molar-refractivity contribution in [1.82, 2.24) is 4.90 Å². The highest BCUT2D eigenvalue weighted by molar-refractivity contribution is 6.11. The number of amides is 1. The Hall–Kier alpha value is -6.41. The zero-order valence-electron chi connectivity index (χ0n) is 29.2. The third-order valence-corrected chi connectivity index (χ3v) is 10.6. The third kappa shape index (κ3) is 5.66. The van der Waals surface area contributed by atoms with Crippen molar-refractivity contribution in [2.75, 3.05) is 25.6 Å². The Morgan fingerprint density at radius 1 is 0.833 bits per heavy atom. The quantitative estimate of drug-likeness (QED) is 0.134. The van der Waals surface area contributed by atoms with Crippen LogP contribution in [-0.2, 0) is 24.5 Å². The zero-order chi connectivity index (χ0) is 37.4. The molecule has 6 atom stereocenters. The number of aliphatic hydroxyl groups is 1. The molecule has 1 amide bonds. The van der Waals surface area contributed by atoms with Gasteiger partial charge in [0.1, 0.15) is 41.6 Å². The maximum Gasteiger partial charge on any atom is 0.325 e. The molecular formula is C44H36N2O8. The number of aliphatic carboxylic acids is 1. The van der Waals surface area contributed by atoms with Crippen LogP contribution in [0.3, 0.4) is 0 Å². The molecule has 3 aliphatic rings. The number of aliphatic hydroxyl groups excluding tert-OH is 1. The molecule has 0 radical (unpaired) electrons. The highest BCUT2D eigenvalue weighted by Crippen LogP contribution is 2.65. The van der Waals surface area contributed by atoms with Gasteiger partial charge >= 0.3 is 11.9 Å². The number of hydrogen-bond donors (Lipinski definition) is 3. The Kier molecular flexibility index (Phi) is 9.11. The number of anilines is 1. The largest absolute Gasteiger partial charge is 0.497 e. The average molecular weight is 721 g/mol. The number of ether oxygens (including phenoxy) is 3. The van der Waals surface area contributed by atoms with Crippen molar-refractivity contribution in [2.24, 2.45) is 5.92 Å². The predicted octanol–water partition coefficient (Wildman–Crippen LogP) is 5.82. The number of carboxylic acid groups (broad SMARTS) is 1. The smallest absolute Gasteiger partial charge is 0.325 e. The van der Waals surface area contributed by atoms with E-state index in [1.165, 1.54) is 0 Å². The number of nitrogens with one attached hydrogen (secondary N) is 1. The van der Waals surface area contributed by atoms with E-state index in [0.29, 0.717) is 39.4 Å². The van der Waals surface area contributed by atoms with Gasteiger partial charge in [0.15, 0.2) is 0 Å². The fourth-order valence-corrected chi connectivity index (χ4v) is 8.43. The van der Waals surface area contributed by atoms with Crippen molar-refractivity contribution in [3.8, 4) is 23.3 Å². The second kappa shape index (κ2) is 14.2.